The van der Waals surface area contributed by atoms with Crippen molar-refractivity contribution in [1.82, 2.24) is 4.98 Å². The number of hydrogen-bond acceptors (Lipinski definition) is 4. The van der Waals surface area contributed by atoms with E-state index in [2.05, 4.69) is 20.9 Å². The van der Waals surface area contributed by atoms with Crippen LogP contribution in [0.25, 0.3) is 11.1 Å². The van der Waals surface area contributed by atoms with Crippen molar-refractivity contribution in [3.05, 3.63) is 52.3 Å². The fraction of sp³-hybridized carbons (Fsp3) is 0.133. The summed E-state index contributed by atoms with van der Waals surface area (Å²) in [6.07, 6.45) is 0.621. The molecule has 3 rings (SSSR count). The highest BCUT2D eigenvalue weighted by atomic mass is 79.9. The number of nitrogens with zero attached hydrogens (tertiary/aromatic N) is 1. The minimum atomic E-state index is 0.586. The minimum Gasteiger partial charge on any atom is -0.497 e. The molecule has 0 atom stereocenters. The third kappa shape index (κ3) is 2.49. The van der Waals surface area contributed by atoms with Crippen LogP contribution < -0.4 is 10.5 Å². The van der Waals surface area contributed by atoms with Gasteiger partial charge in [0.25, 0.3) is 0 Å². The van der Waals surface area contributed by atoms with E-state index in [0.717, 1.165) is 21.3 Å². The standard InChI is InChI=1S/C15H13BrN2O2/c1-19-11-4-2-9(3-5-11)6-14-18-13-8-10(16)7-12(17)15(13)20-14/h2-5,7-8H,6,17H2,1H3. The largest absolute Gasteiger partial charge is 0.497 e. The molecule has 2 N–H and O–H groups in total. The van der Waals surface area contributed by atoms with E-state index in [0.29, 0.717) is 23.6 Å². The highest BCUT2D eigenvalue weighted by Gasteiger charge is 2.10. The summed E-state index contributed by atoms with van der Waals surface area (Å²) in [6.45, 7) is 0. The Morgan fingerprint density at radius 3 is 2.70 bits per heavy atom. The molecule has 0 spiro atoms. The second kappa shape index (κ2) is 5.17. The maximum atomic E-state index is 5.92. The first-order valence-corrected chi connectivity index (χ1v) is 6.92. The highest BCUT2D eigenvalue weighted by molar-refractivity contribution is 9.10. The fourth-order valence-electron chi connectivity index (χ4n) is 2.06. The smallest absolute Gasteiger partial charge is 0.200 e. The number of fused-ring (bicyclic) bond motifs is 1. The van der Waals surface area contributed by atoms with Crippen molar-refractivity contribution in [2.75, 3.05) is 12.8 Å². The lowest BCUT2D eigenvalue weighted by molar-refractivity contribution is 0.414. The van der Waals surface area contributed by atoms with E-state index in [1.165, 1.54) is 0 Å². The lowest BCUT2D eigenvalue weighted by Crippen LogP contribution is -1.88. The molecule has 0 saturated heterocycles. The number of aromatic nitrogens is 1. The third-order valence-electron chi connectivity index (χ3n) is 3.04. The first-order chi connectivity index (χ1) is 9.65. The van der Waals surface area contributed by atoms with E-state index in [1.54, 1.807) is 7.11 Å². The Morgan fingerprint density at radius 1 is 1.25 bits per heavy atom. The molecular weight excluding hydrogens is 320 g/mol. The van der Waals surface area contributed by atoms with Crippen LogP contribution in [0.5, 0.6) is 5.75 Å². The first kappa shape index (κ1) is 13.0. The van der Waals surface area contributed by atoms with Gasteiger partial charge >= 0.3 is 0 Å². The number of anilines is 1. The van der Waals surface area contributed by atoms with Crippen LogP contribution >= 0.6 is 15.9 Å². The first-order valence-electron chi connectivity index (χ1n) is 6.13. The summed E-state index contributed by atoms with van der Waals surface area (Å²) >= 11 is 3.40. The number of halogens is 1. The molecule has 0 aliphatic rings. The number of rotatable bonds is 3. The maximum absolute atomic E-state index is 5.92. The molecule has 1 aromatic heterocycles. The average Bonchev–Trinajstić information content (AvgIpc) is 2.82. The Hall–Kier alpha value is -2.01. The quantitative estimate of drug-likeness (QED) is 0.741. The number of benzene rings is 2. The Bertz CT molecular complexity index is 750. The molecule has 0 aliphatic carbocycles. The zero-order valence-electron chi connectivity index (χ0n) is 10.9. The number of ether oxygens (including phenoxy) is 1. The van der Waals surface area contributed by atoms with E-state index >= 15 is 0 Å². The van der Waals surface area contributed by atoms with Crippen LogP contribution in [0.4, 0.5) is 5.69 Å². The summed E-state index contributed by atoms with van der Waals surface area (Å²) in [5.74, 6) is 1.48. The van der Waals surface area contributed by atoms with Gasteiger partial charge in [0.1, 0.15) is 11.3 Å². The van der Waals surface area contributed by atoms with Crippen molar-refractivity contribution in [3.8, 4) is 5.75 Å². The molecule has 0 fully saturated rings. The van der Waals surface area contributed by atoms with Crippen LogP contribution in [0, 0.1) is 0 Å². The average molecular weight is 333 g/mol. The Kier molecular flexibility index (Phi) is 3.36. The van der Waals surface area contributed by atoms with Gasteiger partial charge in [-0.3, -0.25) is 0 Å². The molecular formula is C15H13BrN2O2. The van der Waals surface area contributed by atoms with Crippen molar-refractivity contribution >= 4 is 32.7 Å². The Labute approximate surface area is 124 Å². The van der Waals surface area contributed by atoms with E-state index in [1.807, 2.05) is 36.4 Å². The van der Waals surface area contributed by atoms with Gasteiger partial charge in [0, 0.05) is 10.9 Å². The number of hydrogen-bond donors (Lipinski definition) is 1. The van der Waals surface area contributed by atoms with Gasteiger partial charge in [-0.05, 0) is 29.8 Å². The minimum absolute atomic E-state index is 0.586. The van der Waals surface area contributed by atoms with Crippen LogP contribution in [-0.4, -0.2) is 12.1 Å². The molecule has 20 heavy (non-hydrogen) atoms. The van der Waals surface area contributed by atoms with Crippen LogP contribution in [0.1, 0.15) is 11.5 Å². The predicted octanol–water partition coefficient (Wildman–Crippen LogP) is 3.77. The molecule has 5 heteroatoms. The molecule has 0 amide bonds. The summed E-state index contributed by atoms with van der Waals surface area (Å²) in [5.41, 5.74) is 9.01. The van der Waals surface area contributed by atoms with Crippen LogP contribution in [0.15, 0.2) is 45.3 Å². The molecule has 0 unspecified atom stereocenters. The summed E-state index contributed by atoms with van der Waals surface area (Å²) in [6, 6.07) is 11.5. The second-order valence-electron chi connectivity index (χ2n) is 4.48. The topological polar surface area (TPSA) is 61.3 Å². The van der Waals surface area contributed by atoms with Crippen LogP contribution in [-0.2, 0) is 6.42 Å². The SMILES string of the molecule is COc1ccc(Cc2nc3cc(Br)cc(N)c3o2)cc1. The molecule has 2 aromatic carbocycles. The summed E-state index contributed by atoms with van der Waals surface area (Å²) in [5, 5.41) is 0. The van der Waals surface area contributed by atoms with Gasteiger partial charge in [0.15, 0.2) is 11.5 Å². The fourth-order valence-corrected chi connectivity index (χ4v) is 2.53. The van der Waals surface area contributed by atoms with Crippen molar-refractivity contribution in [1.29, 1.82) is 0 Å². The van der Waals surface area contributed by atoms with Gasteiger partial charge in [0.2, 0.25) is 0 Å². The molecule has 102 valence electrons. The monoisotopic (exact) mass is 332 g/mol. The summed E-state index contributed by atoms with van der Waals surface area (Å²) < 4.78 is 11.8. The zero-order chi connectivity index (χ0) is 14.1. The summed E-state index contributed by atoms with van der Waals surface area (Å²) in [4.78, 5) is 4.46. The van der Waals surface area contributed by atoms with Gasteiger partial charge < -0.3 is 14.9 Å². The van der Waals surface area contributed by atoms with Crippen molar-refractivity contribution < 1.29 is 9.15 Å². The van der Waals surface area contributed by atoms with Crippen LogP contribution in [0.2, 0.25) is 0 Å². The molecule has 1 heterocycles. The van der Waals surface area contributed by atoms with Gasteiger partial charge in [-0.25, -0.2) is 4.98 Å². The molecule has 0 aliphatic heterocycles. The summed E-state index contributed by atoms with van der Waals surface area (Å²) in [7, 11) is 1.65. The lowest BCUT2D eigenvalue weighted by atomic mass is 10.1. The van der Waals surface area contributed by atoms with E-state index < -0.39 is 0 Å². The van der Waals surface area contributed by atoms with Crippen molar-refractivity contribution in [2.45, 2.75) is 6.42 Å². The second-order valence-corrected chi connectivity index (χ2v) is 5.39. The predicted molar refractivity (Wildman–Crippen MR) is 81.9 cm³/mol. The lowest BCUT2D eigenvalue weighted by Gasteiger charge is -2.00. The third-order valence-corrected chi connectivity index (χ3v) is 3.50. The normalized spacial score (nSPS) is 10.9. The number of nitrogens with two attached hydrogens (primary N) is 1. The van der Waals surface area contributed by atoms with Gasteiger partial charge in [-0.2, -0.15) is 0 Å². The molecule has 0 radical (unpaired) electrons. The Balaban J connectivity index is 1.92. The van der Waals surface area contributed by atoms with Crippen LogP contribution in [0.3, 0.4) is 0 Å². The number of methoxy groups -OCH3 is 1. The van der Waals surface area contributed by atoms with Crippen molar-refractivity contribution in [2.24, 2.45) is 0 Å². The Morgan fingerprint density at radius 2 is 2.00 bits per heavy atom. The van der Waals surface area contributed by atoms with Gasteiger partial charge in [0.05, 0.1) is 12.8 Å². The number of nitrogen functional groups attached to an aromatic ring is 1. The molecule has 4 nitrogen and oxygen atoms in total. The molecule has 0 saturated carbocycles. The maximum Gasteiger partial charge on any atom is 0.200 e. The highest BCUT2D eigenvalue weighted by Crippen LogP contribution is 2.27. The van der Waals surface area contributed by atoms with Gasteiger partial charge in [-0.15, -0.1) is 0 Å². The van der Waals surface area contributed by atoms with E-state index in [4.69, 9.17) is 14.9 Å². The van der Waals surface area contributed by atoms with Gasteiger partial charge in [-0.1, -0.05) is 28.1 Å². The van der Waals surface area contributed by atoms with E-state index in [-0.39, 0.29) is 0 Å². The van der Waals surface area contributed by atoms with Crippen molar-refractivity contribution in [3.63, 3.8) is 0 Å². The molecule has 3 aromatic rings. The zero-order valence-corrected chi connectivity index (χ0v) is 12.5. The van der Waals surface area contributed by atoms with E-state index in [9.17, 15) is 0 Å². The number of oxazole rings is 1. The molecule has 0 bridgehead atoms.